The Hall–Kier alpha value is -3.09. The van der Waals surface area contributed by atoms with E-state index in [9.17, 15) is 14.0 Å². The van der Waals surface area contributed by atoms with Crippen LogP contribution in [0.5, 0.6) is 5.75 Å². The molecule has 0 heterocycles. The van der Waals surface area contributed by atoms with Crippen LogP contribution in [0.4, 0.5) is 14.9 Å². The zero-order valence-electron chi connectivity index (χ0n) is 14.7. The normalized spacial score (nSPS) is 19.1. The smallest absolute Gasteiger partial charge is 0.337 e. The first kappa shape index (κ1) is 18.7. The molecule has 142 valence electrons. The fourth-order valence-electron chi connectivity index (χ4n) is 3.15. The van der Waals surface area contributed by atoms with Gasteiger partial charge in [0.1, 0.15) is 11.6 Å². The van der Waals surface area contributed by atoms with E-state index in [1.807, 2.05) is 0 Å². The van der Waals surface area contributed by atoms with Crippen molar-refractivity contribution in [1.29, 1.82) is 0 Å². The van der Waals surface area contributed by atoms with Crippen molar-refractivity contribution in [2.24, 2.45) is 0 Å². The second-order valence-corrected chi connectivity index (χ2v) is 6.49. The summed E-state index contributed by atoms with van der Waals surface area (Å²) >= 11 is 0. The summed E-state index contributed by atoms with van der Waals surface area (Å²) in [5, 5.41) is 14.6. The lowest BCUT2D eigenvalue weighted by Crippen LogP contribution is -2.41. The van der Waals surface area contributed by atoms with Crippen molar-refractivity contribution in [1.82, 2.24) is 5.32 Å². The number of hydrogen-bond acceptors (Lipinski definition) is 3. The van der Waals surface area contributed by atoms with Crippen LogP contribution in [0.3, 0.4) is 0 Å². The fourth-order valence-corrected chi connectivity index (χ4v) is 3.15. The number of aromatic carboxylic acids is 1. The van der Waals surface area contributed by atoms with E-state index in [-0.39, 0.29) is 29.2 Å². The van der Waals surface area contributed by atoms with Crippen LogP contribution in [0, 0.1) is 5.82 Å². The first-order valence-electron chi connectivity index (χ1n) is 8.83. The Balaban J connectivity index is 1.47. The van der Waals surface area contributed by atoms with E-state index in [0.717, 1.165) is 25.7 Å². The summed E-state index contributed by atoms with van der Waals surface area (Å²) in [5.74, 6) is -0.758. The third-order valence-electron chi connectivity index (χ3n) is 4.53. The van der Waals surface area contributed by atoms with E-state index in [0.29, 0.717) is 5.75 Å². The summed E-state index contributed by atoms with van der Waals surface area (Å²) in [5.41, 5.74) is 0.305. The van der Waals surface area contributed by atoms with Gasteiger partial charge in [0.25, 0.3) is 0 Å². The lowest BCUT2D eigenvalue weighted by Gasteiger charge is -2.29. The highest BCUT2D eigenvalue weighted by atomic mass is 19.1. The number of nitrogens with one attached hydrogen (secondary N) is 2. The van der Waals surface area contributed by atoms with Crippen LogP contribution in [0.25, 0.3) is 0 Å². The van der Waals surface area contributed by atoms with Gasteiger partial charge < -0.3 is 20.5 Å². The minimum Gasteiger partial charge on any atom is -0.490 e. The predicted octanol–water partition coefficient (Wildman–Crippen LogP) is 4.04. The average Bonchev–Trinajstić information content (AvgIpc) is 2.65. The molecule has 2 amide bonds. The molecular weight excluding hydrogens is 351 g/mol. The molecule has 0 aromatic heterocycles. The molecule has 0 spiro atoms. The topological polar surface area (TPSA) is 87.7 Å². The van der Waals surface area contributed by atoms with Crippen LogP contribution in [0.1, 0.15) is 36.0 Å². The van der Waals surface area contributed by atoms with E-state index < -0.39 is 12.0 Å². The third-order valence-corrected chi connectivity index (χ3v) is 4.53. The van der Waals surface area contributed by atoms with Crippen LogP contribution in [0.15, 0.2) is 48.5 Å². The molecule has 0 atom stereocenters. The molecule has 3 N–H and O–H groups in total. The van der Waals surface area contributed by atoms with Gasteiger partial charge in [-0.15, -0.1) is 0 Å². The van der Waals surface area contributed by atoms with Crippen LogP contribution >= 0.6 is 0 Å². The molecule has 1 saturated carbocycles. The molecule has 1 aliphatic carbocycles. The number of benzene rings is 2. The standard InChI is InChI=1S/C20H21FN2O4/c21-13-5-9-15(10-6-13)27-16-11-7-14(8-12-16)22-20(26)23-18-4-2-1-3-17(18)19(24)25/h1-6,9-10,14,16H,7-8,11-12H2,(H,24,25)(H2,22,23,26)/t14-,16+. The quantitative estimate of drug-likeness (QED) is 0.739. The van der Waals surface area contributed by atoms with Crippen molar-refractivity contribution in [3.63, 3.8) is 0 Å². The highest BCUT2D eigenvalue weighted by Crippen LogP contribution is 2.24. The number of urea groups is 1. The monoisotopic (exact) mass is 372 g/mol. The number of carbonyl (C=O) groups excluding carboxylic acids is 1. The van der Waals surface area contributed by atoms with Crippen LogP contribution < -0.4 is 15.4 Å². The largest absolute Gasteiger partial charge is 0.490 e. The molecular formula is C20H21FN2O4. The number of amides is 2. The number of rotatable bonds is 5. The fraction of sp³-hybridized carbons (Fsp3) is 0.300. The van der Waals surface area contributed by atoms with E-state index in [4.69, 9.17) is 9.84 Å². The lowest BCUT2D eigenvalue weighted by molar-refractivity contribution is 0.0698. The van der Waals surface area contributed by atoms with E-state index in [1.165, 1.54) is 18.2 Å². The van der Waals surface area contributed by atoms with E-state index in [2.05, 4.69) is 10.6 Å². The van der Waals surface area contributed by atoms with Crippen LogP contribution in [0.2, 0.25) is 0 Å². The molecule has 1 aliphatic rings. The molecule has 2 aromatic rings. The van der Waals surface area contributed by atoms with Gasteiger partial charge >= 0.3 is 12.0 Å². The number of carbonyl (C=O) groups is 2. The Bertz CT molecular complexity index is 802. The maximum atomic E-state index is 12.9. The van der Waals surface area contributed by atoms with E-state index >= 15 is 0 Å². The van der Waals surface area contributed by atoms with Gasteiger partial charge in [-0.25, -0.2) is 14.0 Å². The van der Waals surface area contributed by atoms with Crippen LogP contribution in [-0.4, -0.2) is 29.3 Å². The SMILES string of the molecule is O=C(Nc1ccccc1C(=O)O)N[C@H]1CC[C@@H](Oc2ccc(F)cc2)CC1. The van der Waals surface area contributed by atoms with Gasteiger partial charge in [-0.3, -0.25) is 0 Å². The summed E-state index contributed by atoms with van der Waals surface area (Å²) in [6, 6.07) is 11.8. The van der Waals surface area contributed by atoms with Crippen LogP contribution in [-0.2, 0) is 0 Å². The zero-order valence-corrected chi connectivity index (χ0v) is 14.7. The van der Waals surface area contributed by atoms with Gasteiger partial charge in [0, 0.05) is 6.04 Å². The maximum Gasteiger partial charge on any atom is 0.337 e. The second-order valence-electron chi connectivity index (χ2n) is 6.49. The molecule has 0 aliphatic heterocycles. The molecule has 1 fully saturated rings. The highest BCUT2D eigenvalue weighted by molar-refractivity contribution is 6.00. The van der Waals surface area contributed by atoms with Crippen molar-refractivity contribution in [2.75, 3.05) is 5.32 Å². The minimum absolute atomic E-state index is 0.00458. The zero-order chi connectivity index (χ0) is 19.2. The minimum atomic E-state index is -1.09. The Morgan fingerprint density at radius 3 is 2.33 bits per heavy atom. The number of carboxylic acids is 1. The Morgan fingerprint density at radius 1 is 1.00 bits per heavy atom. The molecule has 2 aromatic carbocycles. The molecule has 0 unspecified atom stereocenters. The number of para-hydroxylation sites is 1. The number of anilines is 1. The molecule has 0 bridgehead atoms. The summed E-state index contributed by atoms with van der Waals surface area (Å²) in [4.78, 5) is 23.4. The summed E-state index contributed by atoms with van der Waals surface area (Å²) in [6.45, 7) is 0. The Morgan fingerprint density at radius 2 is 1.67 bits per heavy atom. The summed E-state index contributed by atoms with van der Waals surface area (Å²) in [6.07, 6.45) is 3.08. The van der Waals surface area contributed by atoms with Crippen molar-refractivity contribution in [3.05, 3.63) is 59.9 Å². The first-order valence-corrected chi connectivity index (χ1v) is 8.83. The van der Waals surface area contributed by atoms with Crippen molar-refractivity contribution in [2.45, 2.75) is 37.8 Å². The molecule has 27 heavy (non-hydrogen) atoms. The first-order chi connectivity index (χ1) is 13.0. The van der Waals surface area contributed by atoms with Crippen molar-refractivity contribution in [3.8, 4) is 5.75 Å². The predicted molar refractivity (Wildman–Crippen MR) is 98.6 cm³/mol. The third kappa shape index (κ3) is 5.20. The highest BCUT2D eigenvalue weighted by Gasteiger charge is 2.24. The van der Waals surface area contributed by atoms with Gasteiger partial charge in [0.2, 0.25) is 0 Å². The molecule has 0 radical (unpaired) electrons. The summed E-state index contributed by atoms with van der Waals surface area (Å²) in [7, 11) is 0. The number of carboxylic acid groups (broad SMARTS) is 1. The average molecular weight is 372 g/mol. The number of ether oxygens (including phenoxy) is 1. The van der Waals surface area contributed by atoms with Gasteiger partial charge in [0.05, 0.1) is 17.4 Å². The Kier molecular flexibility index (Phi) is 5.90. The van der Waals surface area contributed by atoms with Gasteiger partial charge in [-0.1, -0.05) is 12.1 Å². The molecule has 7 heteroatoms. The number of hydrogen-bond donors (Lipinski definition) is 3. The van der Waals surface area contributed by atoms with Gasteiger partial charge in [-0.05, 0) is 62.1 Å². The van der Waals surface area contributed by atoms with Gasteiger partial charge in [0.15, 0.2) is 0 Å². The second kappa shape index (κ2) is 8.53. The molecule has 0 saturated heterocycles. The summed E-state index contributed by atoms with van der Waals surface area (Å²) < 4.78 is 18.8. The molecule has 3 rings (SSSR count). The van der Waals surface area contributed by atoms with Crippen molar-refractivity contribution >= 4 is 17.7 Å². The number of halogens is 1. The van der Waals surface area contributed by atoms with Gasteiger partial charge in [-0.2, -0.15) is 0 Å². The lowest BCUT2D eigenvalue weighted by atomic mass is 9.93. The Labute approximate surface area is 156 Å². The van der Waals surface area contributed by atoms with E-state index in [1.54, 1.807) is 30.3 Å². The molecule has 6 nitrogen and oxygen atoms in total. The van der Waals surface area contributed by atoms with Crippen molar-refractivity contribution < 1.29 is 23.8 Å². The maximum absolute atomic E-state index is 12.9.